The Bertz CT molecular complexity index is 971. The fraction of sp³-hybridized carbons (Fsp3) is 0.333. The third kappa shape index (κ3) is 4.57. The summed E-state index contributed by atoms with van der Waals surface area (Å²) in [6.45, 7) is 0. The third-order valence-corrected chi connectivity index (χ3v) is 6.60. The lowest BCUT2D eigenvalue weighted by atomic mass is 9.95. The molecule has 1 atom stereocenters. The molecule has 156 valence electrons. The summed E-state index contributed by atoms with van der Waals surface area (Å²) in [7, 11) is 0. The largest absolute Gasteiger partial charge is 0.351 e. The summed E-state index contributed by atoms with van der Waals surface area (Å²) in [6.07, 6.45) is 5.21. The first-order valence-electron chi connectivity index (χ1n) is 9.83. The fourth-order valence-corrected chi connectivity index (χ4v) is 4.96. The first-order valence-corrected chi connectivity index (χ1v) is 11.5. The maximum absolute atomic E-state index is 13.6. The minimum Gasteiger partial charge on any atom is -0.351 e. The maximum atomic E-state index is 13.6. The van der Waals surface area contributed by atoms with E-state index < -0.39 is 17.8 Å². The van der Waals surface area contributed by atoms with Gasteiger partial charge in [0.2, 0.25) is 5.91 Å². The zero-order valence-electron chi connectivity index (χ0n) is 16.2. The van der Waals surface area contributed by atoms with Gasteiger partial charge in [-0.2, -0.15) is 0 Å². The number of carbonyl (C=O) groups is 2. The van der Waals surface area contributed by atoms with Gasteiger partial charge in [-0.25, -0.2) is 4.39 Å². The van der Waals surface area contributed by atoms with Crippen LogP contribution in [0.4, 0.5) is 10.1 Å². The zero-order valence-corrected chi connectivity index (χ0v) is 17.8. The SMILES string of the molecule is O=C(NC1CCCCC1)[C@H](c1cccs1)N(C(=O)c1csnn1)c1ccc(F)cc1. The van der Waals surface area contributed by atoms with Crippen molar-refractivity contribution in [3.63, 3.8) is 0 Å². The molecule has 2 aromatic heterocycles. The monoisotopic (exact) mass is 444 g/mol. The van der Waals surface area contributed by atoms with Crippen molar-refractivity contribution in [1.82, 2.24) is 14.9 Å². The van der Waals surface area contributed by atoms with Crippen molar-refractivity contribution in [2.75, 3.05) is 4.90 Å². The third-order valence-electron chi connectivity index (χ3n) is 5.17. The van der Waals surface area contributed by atoms with Crippen LogP contribution in [-0.4, -0.2) is 27.4 Å². The van der Waals surface area contributed by atoms with Gasteiger partial charge in [0.15, 0.2) is 11.7 Å². The van der Waals surface area contributed by atoms with Crippen molar-refractivity contribution >= 4 is 40.4 Å². The molecule has 9 heteroatoms. The summed E-state index contributed by atoms with van der Waals surface area (Å²) in [5.41, 5.74) is 0.572. The van der Waals surface area contributed by atoms with Crippen LogP contribution in [0.2, 0.25) is 0 Å². The molecule has 0 unspecified atom stereocenters. The van der Waals surface area contributed by atoms with Gasteiger partial charge in [-0.3, -0.25) is 14.5 Å². The van der Waals surface area contributed by atoms with Gasteiger partial charge in [0.05, 0.1) is 0 Å². The lowest BCUT2D eigenvalue weighted by molar-refractivity contribution is -0.123. The molecular formula is C21H21FN4O2S2. The average molecular weight is 445 g/mol. The molecule has 0 radical (unpaired) electrons. The Labute approximate surface area is 181 Å². The Balaban J connectivity index is 1.73. The minimum absolute atomic E-state index is 0.0971. The van der Waals surface area contributed by atoms with Crippen LogP contribution in [0.3, 0.4) is 0 Å². The smallest absolute Gasteiger partial charge is 0.280 e. The van der Waals surface area contributed by atoms with Crippen LogP contribution in [0.25, 0.3) is 0 Å². The number of benzene rings is 1. The molecule has 6 nitrogen and oxygen atoms in total. The van der Waals surface area contributed by atoms with Crippen LogP contribution in [0.1, 0.15) is 53.5 Å². The number of thiophene rings is 1. The zero-order chi connectivity index (χ0) is 20.9. The molecule has 1 fully saturated rings. The molecule has 0 aliphatic heterocycles. The fourth-order valence-electron chi connectivity index (χ4n) is 3.71. The number of nitrogens with zero attached hydrogens (tertiary/aromatic N) is 3. The van der Waals surface area contributed by atoms with Crippen LogP contribution in [-0.2, 0) is 4.79 Å². The average Bonchev–Trinajstić information content (AvgIpc) is 3.47. The second-order valence-corrected chi connectivity index (χ2v) is 8.79. The highest BCUT2D eigenvalue weighted by atomic mass is 32.1. The quantitative estimate of drug-likeness (QED) is 0.604. The number of nitrogens with one attached hydrogen (secondary N) is 1. The number of carbonyl (C=O) groups excluding carboxylic acids is 2. The van der Waals surface area contributed by atoms with Gasteiger partial charge < -0.3 is 5.32 Å². The van der Waals surface area contributed by atoms with Gasteiger partial charge in [-0.15, -0.1) is 16.4 Å². The Kier molecular flexibility index (Phi) is 6.49. The van der Waals surface area contributed by atoms with Crippen LogP contribution in [0, 0.1) is 5.82 Å². The second-order valence-electron chi connectivity index (χ2n) is 7.20. The highest BCUT2D eigenvalue weighted by Gasteiger charge is 2.36. The maximum Gasteiger partial charge on any atom is 0.280 e. The Morgan fingerprint density at radius 1 is 1.13 bits per heavy atom. The van der Waals surface area contributed by atoms with E-state index in [1.165, 1.54) is 46.9 Å². The standard InChI is InChI=1S/C21H21FN4O2S2/c22-14-8-10-16(11-9-14)26(21(28)17-13-30-25-24-17)19(18-7-4-12-29-18)20(27)23-15-5-2-1-3-6-15/h4,7-13,15,19H,1-3,5-6H2,(H,23,27)/t19-/m0/s1. The molecule has 1 aromatic carbocycles. The molecule has 0 bridgehead atoms. The van der Waals surface area contributed by atoms with E-state index in [1.54, 1.807) is 5.38 Å². The number of anilines is 1. The first kappa shape index (κ1) is 20.6. The van der Waals surface area contributed by atoms with Crippen molar-refractivity contribution in [3.8, 4) is 0 Å². The molecule has 2 heterocycles. The summed E-state index contributed by atoms with van der Waals surface area (Å²) < 4.78 is 17.3. The second kappa shape index (κ2) is 9.44. The highest BCUT2D eigenvalue weighted by Crippen LogP contribution is 2.32. The number of hydrogen-bond donors (Lipinski definition) is 1. The van der Waals surface area contributed by atoms with Crippen LogP contribution in [0.5, 0.6) is 0 Å². The number of halogens is 1. The molecule has 3 aromatic rings. The summed E-state index contributed by atoms with van der Waals surface area (Å²) in [5, 5.41) is 10.4. The van der Waals surface area contributed by atoms with Crippen molar-refractivity contribution in [3.05, 3.63) is 63.5 Å². The Hall–Kier alpha value is -2.65. The summed E-state index contributed by atoms with van der Waals surface area (Å²) in [5.74, 6) is -1.11. The van der Waals surface area contributed by atoms with Crippen LogP contribution < -0.4 is 10.2 Å². The molecule has 1 aliphatic carbocycles. The first-order chi connectivity index (χ1) is 14.6. The molecule has 1 N–H and O–H groups in total. The van der Waals surface area contributed by atoms with E-state index in [4.69, 9.17) is 0 Å². The van der Waals surface area contributed by atoms with E-state index in [0.29, 0.717) is 5.69 Å². The van der Waals surface area contributed by atoms with Crippen LogP contribution >= 0.6 is 22.9 Å². The molecule has 0 saturated heterocycles. The van der Waals surface area contributed by atoms with Crippen molar-refractivity contribution < 1.29 is 14.0 Å². The van der Waals surface area contributed by atoms with Gasteiger partial charge in [0.25, 0.3) is 5.91 Å². The van der Waals surface area contributed by atoms with E-state index >= 15 is 0 Å². The molecule has 0 spiro atoms. The van der Waals surface area contributed by atoms with E-state index in [1.807, 2.05) is 17.5 Å². The molecule has 1 aliphatic rings. The number of rotatable bonds is 6. The van der Waals surface area contributed by atoms with Crippen molar-refractivity contribution in [2.45, 2.75) is 44.2 Å². The molecule has 4 rings (SSSR count). The summed E-state index contributed by atoms with van der Waals surface area (Å²) in [6, 6.07) is 8.45. The number of amides is 2. The van der Waals surface area contributed by atoms with Crippen molar-refractivity contribution in [2.24, 2.45) is 0 Å². The minimum atomic E-state index is -0.883. The van der Waals surface area contributed by atoms with Gasteiger partial charge in [0.1, 0.15) is 5.82 Å². The topological polar surface area (TPSA) is 75.2 Å². The van der Waals surface area contributed by atoms with Crippen molar-refractivity contribution in [1.29, 1.82) is 0 Å². The van der Waals surface area contributed by atoms with Crippen LogP contribution in [0.15, 0.2) is 47.2 Å². The molecule has 30 heavy (non-hydrogen) atoms. The Morgan fingerprint density at radius 3 is 2.53 bits per heavy atom. The molecule has 1 saturated carbocycles. The molecular weight excluding hydrogens is 423 g/mol. The lowest BCUT2D eigenvalue weighted by Crippen LogP contribution is -2.47. The summed E-state index contributed by atoms with van der Waals surface area (Å²) >= 11 is 2.46. The predicted molar refractivity (Wildman–Crippen MR) is 115 cm³/mol. The number of aromatic nitrogens is 2. The van der Waals surface area contributed by atoms with Gasteiger partial charge in [0, 0.05) is 22.0 Å². The van der Waals surface area contributed by atoms with Gasteiger partial charge >= 0.3 is 0 Å². The lowest BCUT2D eigenvalue weighted by Gasteiger charge is -2.32. The van der Waals surface area contributed by atoms with Gasteiger partial charge in [-0.05, 0) is 60.1 Å². The number of hydrogen-bond acceptors (Lipinski definition) is 6. The van der Waals surface area contributed by atoms with E-state index in [2.05, 4.69) is 14.9 Å². The highest BCUT2D eigenvalue weighted by molar-refractivity contribution is 7.10. The van der Waals surface area contributed by atoms with E-state index in [0.717, 1.165) is 42.1 Å². The van der Waals surface area contributed by atoms with E-state index in [-0.39, 0.29) is 17.6 Å². The Morgan fingerprint density at radius 2 is 1.90 bits per heavy atom. The predicted octanol–water partition coefficient (Wildman–Crippen LogP) is 4.58. The van der Waals surface area contributed by atoms with E-state index in [9.17, 15) is 14.0 Å². The van der Waals surface area contributed by atoms with Gasteiger partial charge in [-0.1, -0.05) is 29.8 Å². The normalized spacial score (nSPS) is 15.5. The summed E-state index contributed by atoms with van der Waals surface area (Å²) in [4.78, 5) is 29.0. The molecule has 2 amide bonds.